The zero-order valence-electron chi connectivity index (χ0n) is 9.71. The van der Waals surface area contributed by atoms with Gasteiger partial charge in [-0.3, -0.25) is 4.79 Å². The van der Waals surface area contributed by atoms with Gasteiger partial charge in [-0.05, 0) is 30.5 Å². The van der Waals surface area contributed by atoms with Gasteiger partial charge < -0.3 is 0 Å². The van der Waals surface area contributed by atoms with Crippen LogP contribution in [0, 0.1) is 29.0 Å². The first-order valence-corrected chi connectivity index (χ1v) is 5.72. The van der Waals surface area contributed by atoms with Gasteiger partial charge in [0.25, 0.3) is 0 Å². The summed E-state index contributed by atoms with van der Waals surface area (Å²) in [6.07, 6.45) is 0.428. The number of nitrogens with zero attached hydrogens (tertiary/aromatic N) is 1. The summed E-state index contributed by atoms with van der Waals surface area (Å²) >= 11 is 5.60. The quantitative estimate of drug-likeness (QED) is 0.765. The molecule has 0 heterocycles. The molecule has 0 saturated carbocycles. The Morgan fingerprint density at radius 2 is 2.18 bits per heavy atom. The van der Waals surface area contributed by atoms with Gasteiger partial charge >= 0.3 is 0 Å². The van der Waals surface area contributed by atoms with Crippen LogP contribution in [0.4, 0.5) is 4.39 Å². The Balaban J connectivity index is 2.99. The van der Waals surface area contributed by atoms with Crippen LogP contribution in [-0.4, -0.2) is 5.78 Å². The maximum absolute atomic E-state index is 13.5. The van der Waals surface area contributed by atoms with Crippen molar-refractivity contribution in [1.29, 1.82) is 5.26 Å². The Morgan fingerprint density at radius 1 is 1.53 bits per heavy atom. The molecule has 1 aromatic carbocycles. The van der Waals surface area contributed by atoms with Crippen LogP contribution in [0.1, 0.15) is 30.6 Å². The molecule has 0 spiro atoms. The first-order valence-electron chi connectivity index (χ1n) is 5.34. The molecule has 4 heteroatoms. The van der Waals surface area contributed by atoms with E-state index in [1.54, 1.807) is 0 Å². The van der Waals surface area contributed by atoms with Gasteiger partial charge in [0.15, 0.2) is 5.78 Å². The molecule has 1 unspecified atom stereocenters. The van der Waals surface area contributed by atoms with Gasteiger partial charge in [-0.2, -0.15) is 5.26 Å². The molecule has 0 radical (unpaired) electrons. The number of hydrogen-bond donors (Lipinski definition) is 0. The Kier molecular flexibility index (Phi) is 4.65. The number of hydrogen-bond acceptors (Lipinski definition) is 2. The second-order valence-electron chi connectivity index (χ2n) is 4.30. The van der Waals surface area contributed by atoms with Gasteiger partial charge in [-0.1, -0.05) is 25.4 Å². The predicted octanol–water partition coefficient (Wildman–Crippen LogP) is 3.85. The molecule has 1 aromatic rings. The summed E-state index contributed by atoms with van der Waals surface area (Å²) in [4.78, 5) is 11.9. The number of ketones is 1. The number of Topliss-reactive ketones (excluding diaryl/α,β-unsaturated/α-hetero) is 1. The topological polar surface area (TPSA) is 40.9 Å². The van der Waals surface area contributed by atoms with E-state index in [2.05, 4.69) is 0 Å². The third kappa shape index (κ3) is 3.54. The summed E-state index contributed by atoms with van der Waals surface area (Å²) in [5.74, 6) is -1.74. The van der Waals surface area contributed by atoms with E-state index in [0.29, 0.717) is 6.42 Å². The highest BCUT2D eigenvalue weighted by Crippen LogP contribution is 2.21. The molecule has 1 atom stereocenters. The fourth-order valence-corrected chi connectivity index (χ4v) is 1.73. The minimum atomic E-state index is -0.800. The minimum Gasteiger partial charge on any atom is -0.293 e. The second-order valence-corrected chi connectivity index (χ2v) is 4.74. The average Bonchev–Trinajstić information content (AvgIpc) is 2.24. The Hall–Kier alpha value is -1.40. The van der Waals surface area contributed by atoms with Crippen LogP contribution in [0.25, 0.3) is 0 Å². The summed E-state index contributed by atoms with van der Waals surface area (Å²) in [6, 6.07) is 5.78. The van der Waals surface area contributed by atoms with Gasteiger partial charge in [-0.15, -0.1) is 0 Å². The van der Waals surface area contributed by atoms with Gasteiger partial charge in [0, 0.05) is 5.02 Å². The first kappa shape index (κ1) is 13.7. The molecule has 17 heavy (non-hydrogen) atoms. The molecule has 0 fully saturated rings. The van der Waals surface area contributed by atoms with E-state index in [4.69, 9.17) is 16.9 Å². The van der Waals surface area contributed by atoms with E-state index >= 15 is 0 Å². The lowest BCUT2D eigenvalue weighted by Gasteiger charge is -2.11. The van der Waals surface area contributed by atoms with Crippen molar-refractivity contribution in [2.24, 2.45) is 11.8 Å². The highest BCUT2D eigenvalue weighted by atomic mass is 35.5. The largest absolute Gasteiger partial charge is 0.293 e. The summed E-state index contributed by atoms with van der Waals surface area (Å²) in [5.41, 5.74) is -0.0680. The van der Waals surface area contributed by atoms with Crippen LogP contribution in [0.3, 0.4) is 0 Å². The van der Waals surface area contributed by atoms with Crippen LogP contribution < -0.4 is 0 Å². The molecule has 0 saturated heterocycles. The van der Waals surface area contributed by atoms with Gasteiger partial charge in [0.2, 0.25) is 0 Å². The second kappa shape index (κ2) is 5.79. The Labute approximate surface area is 105 Å². The van der Waals surface area contributed by atoms with Crippen LogP contribution in [0.2, 0.25) is 5.02 Å². The van der Waals surface area contributed by atoms with Gasteiger partial charge in [0.05, 0.1) is 11.6 Å². The van der Waals surface area contributed by atoms with E-state index in [1.165, 1.54) is 12.1 Å². The number of halogens is 2. The third-order valence-corrected chi connectivity index (χ3v) is 2.61. The molecule has 90 valence electrons. The van der Waals surface area contributed by atoms with Crippen LogP contribution >= 0.6 is 11.6 Å². The fraction of sp³-hybridized carbons (Fsp3) is 0.385. The number of carbonyl (C=O) groups excluding carboxylic acids is 1. The number of benzene rings is 1. The fourth-order valence-electron chi connectivity index (χ4n) is 1.57. The van der Waals surface area contributed by atoms with Gasteiger partial charge in [-0.25, -0.2) is 4.39 Å². The predicted molar refractivity (Wildman–Crippen MR) is 64.3 cm³/mol. The Bertz CT molecular complexity index is 465. The Morgan fingerprint density at radius 3 is 2.65 bits per heavy atom. The van der Waals surface area contributed by atoms with Crippen LogP contribution in [0.5, 0.6) is 0 Å². The van der Waals surface area contributed by atoms with E-state index in [-0.39, 0.29) is 16.5 Å². The summed E-state index contributed by atoms with van der Waals surface area (Å²) < 4.78 is 13.5. The molecule has 2 nitrogen and oxygen atoms in total. The zero-order valence-corrected chi connectivity index (χ0v) is 10.5. The van der Waals surface area contributed by atoms with E-state index in [0.717, 1.165) is 6.07 Å². The van der Waals surface area contributed by atoms with Crippen molar-refractivity contribution in [1.82, 2.24) is 0 Å². The molecule has 0 aliphatic rings. The lowest BCUT2D eigenvalue weighted by Crippen LogP contribution is -2.16. The molecule has 0 aromatic heterocycles. The number of carbonyl (C=O) groups is 1. The summed E-state index contributed by atoms with van der Waals surface area (Å²) in [6.45, 7) is 3.83. The third-order valence-electron chi connectivity index (χ3n) is 2.38. The molecule has 0 amide bonds. The number of rotatable bonds is 4. The minimum absolute atomic E-state index is 0.0680. The maximum atomic E-state index is 13.5. The maximum Gasteiger partial charge on any atom is 0.182 e. The van der Waals surface area contributed by atoms with E-state index in [9.17, 15) is 9.18 Å². The van der Waals surface area contributed by atoms with Crippen molar-refractivity contribution in [2.45, 2.75) is 20.3 Å². The van der Waals surface area contributed by atoms with Crippen LogP contribution in [-0.2, 0) is 0 Å². The molecule has 0 aliphatic heterocycles. The normalized spacial score (nSPS) is 12.2. The zero-order chi connectivity index (χ0) is 13.0. The van der Waals surface area contributed by atoms with Gasteiger partial charge in [0.1, 0.15) is 11.7 Å². The summed E-state index contributed by atoms with van der Waals surface area (Å²) in [7, 11) is 0. The molecule has 0 N–H and O–H groups in total. The highest BCUT2D eigenvalue weighted by Gasteiger charge is 2.23. The average molecular weight is 254 g/mol. The smallest absolute Gasteiger partial charge is 0.182 e. The molecule has 0 bridgehead atoms. The van der Waals surface area contributed by atoms with Crippen molar-refractivity contribution in [2.75, 3.05) is 0 Å². The summed E-state index contributed by atoms with van der Waals surface area (Å²) in [5, 5.41) is 9.17. The molecular formula is C13H13ClFNO. The van der Waals surface area contributed by atoms with E-state index in [1.807, 2.05) is 19.9 Å². The standard InChI is InChI=1S/C13H13ClFNO/c1-8(2)5-9(7-16)13(17)11-4-3-10(14)6-12(11)15/h3-4,6,8-9H,5H2,1-2H3. The first-order chi connectivity index (χ1) is 7.95. The van der Waals surface area contributed by atoms with Crippen molar-refractivity contribution < 1.29 is 9.18 Å². The van der Waals surface area contributed by atoms with E-state index < -0.39 is 17.5 Å². The van der Waals surface area contributed by atoms with Crippen molar-refractivity contribution in [3.8, 4) is 6.07 Å². The molecular weight excluding hydrogens is 241 g/mol. The lowest BCUT2D eigenvalue weighted by atomic mass is 9.91. The molecule has 0 aliphatic carbocycles. The highest BCUT2D eigenvalue weighted by molar-refractivity contribution is 6.30. The van der Waals surface area contributed by atoms with Crippen molar-refractivity contribution in [3.05, 3.63) is 34.6 Å². The van der Waals surface area contributed by atoms with Crippen molar-refractivity contribution >= 4 is 17.4 Å². The molecule has 1 rings (SSSR count). The monoisotopic (exact) mass is 253 g/mol. The number of nitriles is 1. The van der Waals surface area contributed by atoms with Crippen molar-refractivity contribution in [3.63, 3.8) is 0 Å². The SMILES string of the molecule is CC(C)CC(C#N)C(=O)c1ccc(Cl)cc1F. The van der Waals surface area contributed by atoms with Crippen LogP contribution in [0.15, 0.2) is 18.2 Å². The lowest BCUT2D eigenvalue weighted by molar-refractivity contribution is 0.0933.